The maximum absolute atomic E-state index is 12.0. The second-order valence-corrected chi connectivity index (χ2v) is 5.66. The van der Waals surface area contributed by atoms with Crippen LogP contribution in [0.4, 0.5) is 0 Å². The molecule has 114 valence electrons. The molecule has 0 bridgehead atoms. The van der Waals surface area contributed by atoms with E-state index in [1.807, 2.05) is 6.92 Å². The topological polar surface area (TPSA) is 87.7 Å². The second-order valence-electron chi connectivity index (χ2n) is 5.66. The SMILES string of the molecule is CCOC(=O)C1CCC(NC(=O)C2CC(O)CN2)CC1. The number of nitrogens with one attached hydrogen (secondary N) is 2. The Bertz CT molecular complexity index is 353. The maximum atomic E-state index is 12.0. The van der Waals surface area contributed by atoms with Gasteiger partial charge < -0.3 is 20.5 Å². The quantitative estimate of drug-likeness (QED) is 0.630. The van der Waals surface area contributed by atoms with Crippen molar-refractivity contribution in [2.75, 3.05) is 13.2 Å². The van der Waals surface area contributed by atoms with Crippen LogP contribution in [0.3, 0.4) is 0 Å². The summed E-state index contributed by atoms with van der Waals surface area (Å²) in [6.07, 6.45) is 3.21. The molecule has 0 aromatic carbocycles. The van der Waals surface area contributed by atoms with Crippen LogP contribution < -0.4 is 10.6 Å². The molecule has 0 aromatic heterocycles. The highest BCUT2D eigenvalue weighted by atomic mass is 16.5. The molecule has 2 fully saturated rings. The zero-order chi connectivity index (χ0) is 14.5. The highest BCUT2D eigenvalue weighted by Crippen LogP contribution is 2.25. The van der Waals surface area contributed by atoms with E-state index in [2.05, 4.69) is 10.6 Å². The van der Waals surface area contributed by atoms with E-state index in [0.29, 0.717) is 19.6 Å². The molecule has 1 heterocycles. The van der Waals surface area contributed by atoms with Crippen molar-refractivity contribution < 1.29 is 19.4 Å². The highest BCUT2D eigenvalue weighted by Gasteiger charge is 2.32. The van der Waals surface area contributed by atoms with Crippen molar-refractivity contribution in [2.24, 2.45) is 5.92 Å². The number of aliphatic hydroxyl groups is 1. The van der Waals surface area contributed by atoms with Crippen LogP contribution in [0.5, 0.6) is 0 Å². The average molecular weight is 284 g/mol. The third-order valence-corrected chi connectivity index (χ3v) is 4.12. The van der Waals surface area contributed by atoms with Gasteiger partial charge in [0.25, 0.3) is 0 Å². The fraction of sp³-hybridized carbons (Fsp3) is 0.857. The zero-order valence-corrected chi connectivity index (χ0v) is 11.9. The summed E-state index contributed by atoms with van der Waals surface area (Å²) >= 11 is 0. The number of β-amino-alcohol motifs (C(OH)–C–C–N with tert-alkyl or cyclic N) is 1. The average Bonchev–Trinajstić information content (AvgIpc) is 2.86. The van der Waals surface area contributed by atoms with Gasteiger partial charge in [-0.2, -0.15) is 0 Å². The van der Waals surface area contributed by atoms with Crippen LogP contribution in [0.1, 0.15) is 39.0 Å². The van der Waals surface area contributed by atoms with E-state index in [1.165, 1.54) is 0 Å². The summed E-state index contributed by atoms with van der Waals surface area (Å²) in [6.45, 7) is 2.71. The summed E-state index contributed by atoms with van der Waals surface area (Å²) in [5, 5.41) is 15.4. The van der Waals surface area contributed by atoms with Gasteiger partial charge >= 0.3 is 5.97 Å². The third-order valence-electron chi connectivity index (χ3n) is 4.12. The highest BCUT2D eigenvalue weighted by molar-refractivity contribution is 5.82. The Morgan fingerprint density at radius 3 is 2.55 bits per heavy atom. The molecule has 6 heteroatoms. The molecule has 6 nitrogen and oxygen atoms in total. The van der Waals surface area contributed by atoms with Crippen LogP contribution in [-0.4, -0.2) is 48.3 Å². The van der Waals surface area contributed by atoms with Crippen LogP contribution in [0, 0.1) is 5.92 Å². The lowest BCUT2D eigenvalue weighted by Gasteiger charge is -2.28. The van der Waals surface area contributed by atoms with E-state index in [1.54, 1.807) is 0 Å². The Labute approximate surface area is 119 Å². The van der Waals surface area contributed by atoms with E-state index in [-0.39, 0.29) is 29.9 Å². The summed E-state index contributed by atoms with van der Waals surface area (Å²) in [5.74, 6) is -0.173. The van der Waals surface area contributed by atoms with E-state index in [4.69, 9.17) is 4.74 Å². The molecule has 0 radical (unpaired) electrons. The summed E-state index contributed by atoms with van der Waals surface area (Å²) in [5.41, 5.74) is 0. The minimum atomic E-state index is -0.426. The lowest BCUT2D eigenvalue weighted by molar-refractivity contribution is -0.149. The Hall–Kier alpha value is -1.14. The minimum Gasteiger partial charge on any atom is -0.466 e. The van der Waals surface area contributed by atoms with Gasteiger partial charge in [-0.15, -0.1) is 0 Å². The number of ether oxygens (including phenoxy) is 1. The number of carbonyl (C=O) groups excluding carboxylic acids is 2. The molecule has 0 spiro atoms. The number of carbonyl (C=O) groups is 2. The van der Waals surface area contributed by atoms with Crippen molar-refractivity contribution >= 4 is 11.9 Å². The van der Waals surface area contributed by atoms with Gasteiger partial charge in [0.15, 0.2) is 0 Å². The minimum absolute atomic E-state index is 0.0190. The molecule has 1 saturated carbocycles. The fourth-order valence-corrected chi connectivity index (χ4v) is 2.95. The van der Waals surface area contributed by atoms with Gasteiger partial charge in [0.2, 0.25) is 5.91 Å². The molecule has 2 atom stereocenters. The Morgan fingerprint density at radius 2 is 2.00 bits per heavy atom. The number of hydrogen-bond donors (Lipinski definition) is 3. The molecule has 1 amide bonds. The predicted molar refractivity (Wildman–Crippen MR) is 72.9 cm³/mol. The summed E-state index contributed by atoms with van der Waals surface area (Å²) in [7, 11) is 0. The van der Waals surface area contributed by atoms with Gasteiger partial charge in [0, 0.05) is 12.6 Å². The molecule has 1 aliphatic heterocycles. The fourth-order valence-electron chi connectivity index (χ4n) is 2.95. The van der Waals surface area contributed by atoms with Crippen LogP contribution in [0.2, 0.25) is 0 Å². The zero-order valence-electron chi connectivity index (χ0n) is 11.9. The summed E-state index contributed by atoms with van der Waals surface area (Å²) in [6, 6.07) is -0.152. The van der Waals surface area contributed by atoms with Gasteiger partial charge in [0.1, 0.15) is 0 Å². The van der Waals surface area contributed by atoms with E-state index in [0.717, 1.165) is 25.7 Å². The predicted octanol–water partition coefficient (Wildman–Crippen LogP) is -0.0527. The number of amides is 1. The molecule has 2 unspecified atom stereocenters. The first-order valence-electron chi connectivity index (χ1n) is 7.48. The van der Waals surface area contributed by atoms with Gasteiger partial charge in [-0.25, -0.2) is 0 Å². The van der Waals surface area contributed by atoms with E-state index in [9.17, 15) is 14.7 Å². The molecule has 2 aliphatic rings. The van der Waals surface area contributed by atoms with Crippen LogP contribution in [0.25, 0.3) is 0 Å². The molecule has 1 saturated heterocycles. The molecular weight excluding hydrogens is 260 g/mol. The maximum Gasteiger partial charge on any atom is 0.308 e. The van der Waals surface area contributed by atoms with Crippen LogP contribution >= 0.6 is 0 Å². The van der Waals surface area contributed by atoms with Crippen molar-refractivity contribution in [2.45, 2.75) is 57.2 Å². The number of aliphatic hydroxyl groups excluding tert-OH is 1. The standard InChI is InChI=1S/C14H24N2O4/c1-2-20-14(19)9-3-5-10(6-4-9)16-13(18)12-7-11(17)8-15-12/h9-12,15,17H,2-8H2,1H3,(H,16,18). The van der Waals surface area contributed by atoms with Crippen molar-refractivity contribution in [1.82, 2.24) is 10.6 Å². The van der Waals surface area contributed by atoms with Crippen LogP contribution in [0.15, 0.2) is 0 Å². The lowest BCUT2D eigenvalue weighted by atomic mass is 9.86. The first-order chi connectivity index (χ1) is 9.60. The Balaban J connectivity index is 1.71. The molecule has 2 rings (SSSR count). The smallest absolute Gasteiger partial charge is 0.308 e. The first kappa shape index (κ1) is 15.3. The molecule has 1 aliphatic carbocycles. The monoisotopic (exact) mass is 284 g/mol. The van der Waals surface area contributed by atoms with Gasteiger partial charge in [0.05, 0.1) is 24.7 Å². The lowest BCUT2D eigenvalue weighted by Crippen LogP contribution is -2.46. The molecule has 20 heavy (non-hydrogen) atoms. The van der Waals surface area contributed by atoms with Gasteiger partial charge in [-0.3, -0.25) is 9.59 Å². The summed E-state index contributed by atoms with van der Waals surface area (Å²) < 4.78 is 5.03. The largest absolute Gasteiger partial charge is 0.466 e. The number of hydrogen-bond acceptors (Lipinski definition) is 5. The van der Waals surface area contributed by atoms with Crippen molar-refractivity contribution in [3.05, 3.63) is 0 Å². The Kier molecular flexibility index (Phi) is 5.37. The summed E-state index contributed by atoms with van der Waals surface area (Å²) in [4.78, 5) is 23.6. The Morgan fingerprint density at radius 1 is 1.30 bits per heavy atom. The third kappa shape index (κ3) is 3.93. The molecule has 3 N–H and O–H groups in total. The normalized spacial score (nSPS) is 33.7. The molecular formula is C14H24N2O4. The van der Waals surface area contributed by atoms with Gasteiger partial charge in [-0.05, 0) is 39.0 Å². The first-order valence-corrected chi connectivity index (χ1v) is 7.48. The van der Waals surface area contributed by atoms with Gasteiger partial charge in [-0.1, -0.05) is 0 Å². The van der Waals surface area contributed by atoms with Crippen molar-refractivity contribution in [1.29, 1.82) is 0 Å². The number of esters is 1. The van der Waals surface area contributed by atoms with Crippen molar-refractivity contribution in [3.8, 4) is 0 Å². The van der Waals surface area contributed by atoms with E-state index >= 15 is 0 Å². The molecule has 0 aromatic rings. The van der Waals surface area contributed by atoms with E-state index < -0.39 is 6.10 Å². The van der Waals surface area contributed by atoms with Crippen molar-refractivity contribution in [3.63, 3.8) is 0 Å². The number of rotatable bonds is 4. The van der Waals surface area contributed by atoms with Crippen LogP contribution in [-0.2, 0) is 14.3 Å². The second kappa shape index (κ2) is 7.04.